The van der Waals surface area contributed by atoms with E-state index in [1.807, 2.05) is 4.90 Å². The van der Waals surface area contributed by atoms with Gasteiger partial charge in [0.1, 0.15) is 6.23 Å². The van der Waals surface area contributed by atoms with Crippen molar-refractivity contribution in [2.75, 3.05) is 13.2 Å². The number of hydrogen-bond donors (Lipinski definition) is 2. The number of hydrogen-bond acceptors (Lipinski definition) is 3. The van der Waals surface area contributed by atoms with Crippen LogP contribution in [0, 0.1) is 5.92 Å². The molecular formula is C13H26N4O2. The molecule has 0 radical (unpaired) electrons. The van der Waals surface area contributed by atoms with Crippen molar-refractivity contribution in [2.24, 2.45) is 16.8 Å². The zero-order chi connectivity index (χ0) is 14.3. The fourth-order valence-electron chi connectivity index (χ4n) is 1.98. The first-order chi connectivity index (χ1) is 9.00. The van der Waals surface area contributed by atoms with Crippen LogP contribution in [0.5, 0.6) is 0 Å². The Bertz CT molecular complexity index is 318. The molecule has 0 aromatic heterocycles. The molecule has 3 N–H and O–H groups in total. The van der Waals surface area contributed by atoms with Crippen molar-refractivity contribution in [3.8, 4) is 0 Å². The summed E-state index contributed by atoms with van der Waals surface area (Å²) in [7, 11) is 0. The van der Waals surface area contributed by atoms with E-state index < -0.39 is 0 Å². The second kappa shape index (κ2) is 7.99. The summed E-state index contributed by atoms with van der Waals surface area (Å²) in [4.78, 5) is 12.8. The molecule has 110 valence electrons. The van der Waals surface area contributed by atoms with Crippen molar-refractivity contribution < 1.29 is 9.53 Å². The van der Waals surface area contributed by atoms with Gasteiger partial charge in [0.15, 0.2) is 0 Å². The molecule has 1 atom stereocenters. The van der Waals surface area contributed by atoms with Gasteiger partial charge in [-0.1, -0.05) is 13.8 Å². The van der Waals surface area contributed by atoms with Gasteiger partial charge in [0.25, 0.3) is 0 Å². The van der Waals surface area contributed by atoms with Crippen molar-refractivity contribution in [3.63, 3.8) is 0 Å². The molecule has 6 heteroatoms. The third kappa shape index (κ3) is 5.92. The normalized spacial score (nSPS) is 20.7. The fourth-order valence-corrected chi connectivity index (χ4v) is 1.98. The van der Waals surface area contributed by atoms with Crippen LogP contribution in [0.4, 0.5) is 0 Å². The summed E-state index contributed by atoms with van der Waals surface area (Å²) in [5.74, 6) is 0.726. The molecule has 1 aliphatic rings. The Kier molecular flexibility index (Phi) is 6.62. The van der Waals surface area contributed by atoms with Crippen molar-refractivity contribution >= 4 is 11.9 Å². The molecular weight excluding hydrogens is 244 g/mol. The highest BCUT2D eigenvalue weighted by atomic mass is 16.5. The van der Waals surface area contributed by atoms with E-state index in [9.17, 15) is 4.79 Å². The summed E-state index contributed by atoms with van der Waals surface area (Å²) < 4.78 is 5.89. The second-order valence-electron chi connectivity index (χ2n) is 5.34. The first-order valence-electron chi connectivity index (χ1n) is 6.98. The molecule has 1 fully saturated rings. The zero-order valence-corrected chi connectivity index (χ0v) is 12.2. The summed E-state index contributed by atoms with van der Waals surface area (Å²) in [5.41, 5.74) is 8.26. The van der Waals surface area contributed by atoms with Gasteiger partial charge in [0.2, 0.25) is 11.9 Å². The number of nitrogens with one attached hydrogen (secondary N) is 1. The molecule has 0 aromatic carbocycles. The van der Waals surface area contributed by atoms with E-state index in [-0.39, 0.29) is 12.1 Å². The Morgan fingerprint density at radius 2 is 2.26 bits per heavy atom. The van der Waals surface area contributed by atoms with Crippen LogP contribution in [0.25, 0.3) is 0 Å². The third-order valence-electron chi connectivity index (χ3n) is 3.08. The second-order valence-corrected chi connectivity index (χ2v) is 5.34. The predicted octanol–water partition coefficient (Wildman–Crippen LogP) is 1.23. The standard InChI is InChI=1S/C13H26N4O2/c1-10(2)7-9-19-12-6-4-5-8-17(12)13(14)16-15-11(3)18/h10,12H,4-9H2,1-3H3,(H2,14,16)(H,15,18). The van der Waals surface area contributed by atoms with Gasteiger partial charge in [-0.05, 0) is 31.6 Å². The zero-order valence-electron chi connectivity index (χ0n) is 12.2. The van der Waals surface area contributed by atoms with Crippen LogP contribution >= 0.6 is 0 Å². The Morgan fingerprint density at radius 3 is 2.89 bits per heavy atom. The van der Waals surface area contributed by atoms with Gasteiger partial charge >= 0.3 is 0 Å². The lowest BCUT2D eigenvalue weighted by atomic mass is 10.1. The maximum absolute atomic E-state index is 10.8. The van der Waals surface area contributed by atoms with Gasteiger partial charge in [0, 0.05) is 20.1 Å². The average molecular weight is 270 g/mol. The Labute approximate surface area is 115 Å². The summed E-state index contributed by atoms with van der Waals surface area (Å²) in [5, 5.41) is 3.88. The lowest BCUT2D eigenvalue weighted by Crippen LogP contribution is -2.49. The number of hydrazone groups is 1. The number of nitrogens with two attached hydrogens (primary N) is 1. The number of carbonyl (C=O) groups is 1. The highest BCUT2D eigenvalue weighted by Gasteiger charge is 2.24. The number of guanidine groups is 1. The largest absolute Gasteiger partial charge is 0.368 e. The monoisotopic (exact) mass is 270 g/mol. The van der Waals surface area contributed by atoms with E-state index in [4.69, 9.17) is 10.5 Å². The van der Waals surface area contributed by atoms with Gasteiger partial charge in [-0.3, -0.25) is 4.79 Å². The van der Waals surface area contributed by atoms with E-state index in [1.54, 1.807) is 0 Å². The summed E-state index contributed by atoms with van der Waals surface area (Å²) in [6, 6.07) is 0. The highest BCUT2D eigenvalue weighted by molar-refractivity contribution is 5.81. The van der Waals surface area contributed by atoms with E-state index in [0.717, 1.165) is 38.8 Å². The maximum Gasteiger partial charge on any atom is 0.237 e. The molecule has 1 amide bonds. The molecule has 1 unspecified atom stereocenters. The van der Waals surface area contributed by atoms with Gasteiger partial charge in [-0.2, -0.15) is 0 Å². The highest BCUT2D eigenvalue weighted by Crippen LogP contribution is 2.18. The molecule has 6 nitrogen and oxygen atoms in total. The van der Waals surface area contributed by atoms with E-state index >= 15 is 0 Å². The quantitative estimate of drug-likeness (QED) is 0.447. The maximum atomic E-state index is 10.8. The summed E-state index contributed by atoms with van der Waals surface area (Å²) in [6.07, 6.45) is 4.17. The smallest absolute Gasteiger partial charge is 0.237 e. The molecule has 0 spiro atoms. The number of likely N-dealkylation sites (tertiary alicyclic amines) is 1. The molecule has 0 saturated carbocycles. The molecule has 1 heterocycles. The first kappa shape index (κ1) is 15.8. The van der Waals surface area contributed by atoms with Crippen LogP contribution in [0.15, 0.2) is 5.10 Å². The Hall–Kier alpha value is -1.30. The molecule has 1 rings (SSSR count). The third-order valence-corrected chi connectivity index (χ3v) is 3.08. The molecule has 0 aliphatic carbocycles. The van der Waals surface area contributed by atoms with Crippen LogP contribution in [-0.2, 0) is 9.53 Å². The fraction of sp³-hybridized carbons (Fsp3) is 0.846. The lowest BCUT2D eigenvalue weighted by Gasteiger charge is -2.36. The predicted molar refractivity (Wildman–Crippen MR) is 75.2 cm³/mol. The van der Waals surface area contributed by atoms with E-state index in [2.05, 4.69) is 24.4 Å². The Morgan fingerprint density at radius 1 is 1.53 bits per heavy atom. The van der Waals surface area contributed by atoms with Crippen LogP contribution in [0.2, 0.25) is 0 Å². The van der Waals surface area contributed by atoms with Gasteiger partial charge in [-0.15, -0.1) is 5.10 Å². The van der Waals surface area contributed by atoms with Gasteiger partial charge in [-0.25, -0.2) is 5.43 Å². The molecule has 1 saturated heterocycles. The van der Waals surface area contributed by atoms with Crippen molar-refractivity contribution in [2.45, 2.75) is 52.7 Å². The van der Waals surface area contributed by atoms with Crippen molar-refractivity contribution in [3.05, 3.63) is 0 Å². The summed E-state index contributed by atoms with van der Waals surface area (Å²) in [6.45, 7) is 7.31. The average Bonchev–Trinajstić information content (AvgIpc) is 2.36. The van der Waals surface area contributed by atoms with Gasteiger partial charge in [0.05, 0.1) is 0 Å². The van der Waals surface area contributed by atoms with Crippen molar-refractivity contribution in [1.82, 2.24) is 10.3 Å². The number of ether oxygens (including phenoxy) is 1. The van der Waals surface area contributed by atoms with Crippen LogP contribution in [0.1, 0.15) is 46.5 Å². The SMILES string of the molecule is CC(=O)N/N=C(\N)N1CCCCC1OCCC(C)C. The number of amides is 1. The molecule has 0 bridgehead atoms. The van der Waals surface area contributed by atoms with E-state index in [0.29, 0.717) is 11.9 Å². The topological polar surface area (TPSA) is 80.0 Å². The van der Waals surface area contributed by atoms with Crippen molar-refractivity contribution in [1.29, 1.82) is 0 Å². The summed E-state index contributed by atoms with van der Waals surface area (Å²) >= 11 is 0. The molecule has 1 aliphatic heterocycles. The number of piperidine rings is 1. The minimum Gasteiger partial charge on any atom is -0.368 e. The first-order valence-corrected chi connectivity index (χ1v) is 6.98. The van der Waals surface area contributed by atoms with Crippen LogP contribution in [-0.4, -0.2) is 36.1 Å². The van der Waals surface area contributed by atoms with Gasteiger partial charge < -0.3 is 15.4 Å². The number of nitrogens with zero attached hydrogens (tertiary/aromatic N) is 2. The number of carbonyl (C=O) groups excluding carboxylic acids is 1. The molecule has 19 heavy (non-hydrogen) atoms. The van der Waals surface area contributed by atoms with E-state index in [1.165, 1.54) is 6.92 Å². The van der Waals surface area contributed by atoms with Crippen LogP contribution < -0.4 is 11.2 Å². The lowest BCUT2D eigenvalue weighted by molar-refractivity contribution is -0.119. The number of rotatable bonds is 5. The Balaban J connectivity index is 2.51. The molecule has 0 aromatic rings. The minimum atomic E-state index is -0.225. The van der Waals surface area contributed by atoms with Crippen LogP contribution in [0.3, 0.4) is 0 Å². The minimum absolute atomic E-state index is 0.0231.